The van der Waals surface area contributed by atoms with Crippen LogP contribution in [0.3, 0.4) is 0 Å². The van der Waals surface area contributed by atoms with Crippen molar-refractivity contribution >= 4 is 51.9 Å². The summed E-state index contributed by atoms with van der Waals surface area (Å²) >= 11 is 5.24. The van der Waals surface area contributed by atoms with E-state index in [2.05, 4.69) is 16.0 Å². The Hall–Kier alpha value is -4.29. The fraction of sp³-hybridized carbons (Fsp3) is 0.208. The van der Waals surface area contributed by atoms with Crippen molar-refractivity contribution in [1.29, 1.82) is 0 Å². The largest absolute Gasteiger partial charge is 0.459 e. The Labute approximate surface area is 211 Å². The van der Waals surface area contributed by atoms with Gasteiger partial charge in [-0.1, -0.05) is 0 Å². The lowest BCUT2D eigenvalue weighted by molar-refractivity contribution is -0.384. The maximum atomic E-state index is 12.7. The monoisotopic (exact) mass is 509 g/mol. The molecule has 3 aromatic rings. The summed E-state index contributed by atoms with van der Waals surface area (Å²) in [6.07, 6.45) is 1.42. The second-order valence-electron chi connectivity index (χ2n) is 7.93. The van der Waals surface area contributed by atoms with Gasteiger partial charge in [-0.25, -0.2) is 0 Å². The molecule has 36 heavy (non-hydrogen) atoms. The lowest BCUT2D eigenvalue weighted by Crippen LogP contribution is -2.37. The molecule has 2 amide bonds. The first kappa shape index (κ1) is 24.8. The number of rotatable bonds is 6. The van der Waals surface area contributed by atoms with Gasteiger partial charge in [0.15, 0.2) is 10.9 Å². The molecule has 1 fully saturated rings. The molecular formula is C24H23N5O6S. The molecule has 2 heterocycles. The second-order valence-corrected chi connectivity index (χ2v) is 8.34. The Bertz CT molecular complexity index is 1300. The Morgan fingerprint density at radius 3 is 2.50 bits per heavy atom. The van der Waals surface area contributed by atoms with Gasteiger partial charge >= 0.3 is 0 Å². The molecule has 0 saturated carbocycles. The highest BCUT2D eigenvalue weighted by Gasteiger charge is 2.23. The normalized spacial score (nSPS) is 13.1. The zero-order chi connectivity index (χ0) is 25.7. The number of hydrogen-bond acceptors (Lipinski definition) is 8. The van der Waals surface area contributed by atoms with Crippen LogP contribution in [0.25, 0.3) is 0 Å². The van der Waals surface area contributed by atoms with E-state index in [1.54, 1.807) is 43.3 Å². The minimum atomic E-state index is -0.580. The molecule has 12 heteroatoms. The first-order valence-corrected chi connectivity index (χ1v) is 11.4. The number of carbonyl (C=O) groups is 2. The van der Waals surface area contributed by atoms with Crippen molar-refractivity contribution in [3.8, 4) is 0 Å². The molecule has 0 atom stereocenters. The van der Waals surface area contributed by atoms with Gasteiger partial charge in [-0.2, -0.15) is 0 Å². The fourth-order valence-corrected chi connectivity index (χ4v) is 3.90. The molecular weight excluding hydrogens is 486 g/mol. The Balaban J connectivity index is 1.39. The SMILES string of the molecule is Cc1cc(NC(=S)NC(=O)c2ccc(N3CCOCC3)c([N+](=O)[O-])c2)ccc1NC(=O)c1ccco1. The van der Waals surface area contributed by atoms with E-state index >= 15 is 0 Å². The van der Waals surface area contributed by atoms with Crippen molar-refractivity contribution in [2.24, 2.45) is 0 Å². The first-order valence-electron chi connectivity index (χ1n) is 11.0. The molecule has 11 nitrogen and oxygen atoms in total. The summed E-state index contributed by atoms with van der Waals surface area (Å²) in [5.74, 6) is -0.762. The van der Waals surface area contributed by atoms with Gasteiger partial charge in [-0.3, -0.25) is 25.0 Å². The van der Waals surface area contributed by atoms with E-state index in [9.17, 15) is 19.7 Å². The summed E-state index contributed by atoms with van der Waals surface area (Å²) in [6.45, 7) is 3.84. The maximum Gasteiger partial charge on any atom is 0.293 e. The molecule has 4 rings (SSSR count). The summed E-state index contributed by atoms with van der Waals surface area (Å²) in [5.41, 5.74) is 2.31. The number of morpholine rings is 1. The first-order chi connectivity index (χ1) is 17.3. The average molecular weight is 510 g/mol. The predicted molar refractivity (Wildman–Crippen MR) is 138 cm³/mol. The van der Waals surface area contributed by atoms with E-state index in [0.29, 0.717) is 43.4 Å². The van der Waals surface area contributed by atoms with Gasteiger partial charge in [0.1, 0.15) is 5.69 Å². The molecule has 1 aromatic heterocycles. The number of nitrogens with zero attached hydrogens (tertiary/aromatic N) is 2. The number of nitro benzene ring substituents is 1. The number of aryl methyl sites for hydroxylation is 1. The number of nitro groups is 1. The predicted octanol–water partition coefficient (Wildman–Crippen LogP) is 3.71. The van der Waals surface area contributed by atoms with Crippen molar-refractivity contribution in [3.63, 3.8) is 0 Å². The van der Waals surface area contributed by atoms with Crippen LogP contribution in [0, 0.1) is 17.0 Å². The molecule has 1 aliphatic heterocycles. The number of carbonyl (C=O) groups excluding carboxylic acids is 2. The van der Waals surface area contributed by atoms with Crippen molar-refractivity contribution in [1.82, 2.24) is 5.32 Å². The third kappa shape index (κ3) is 5.85. The third-order valence-corrected chi connectivity index (χ3v) is 5.69. The number of benzene rings is 2. The highest BCUT2D eigenvalue weighted by molar-refractivity contribution is 7.80. The van der Waals surface area contributed by atoms with E-state index in [4.69, 9.17) is 21.4 Å². The van der Waals surface area contributed by atoms with Gasteiger partial charge < -0.3 is 24.7 Å². The number of nitrogens with one attached hydrogen (secondary N) is 3. The van der Waals surface area contributed by atoms with Crippen LogP contribution < -0.4 is 20.9 Å². The molecule has 0 spiro atoms. The zero-order valence-corrected chi connectivity index (χ0v) is 20.1. The topological polar surface area (TPSA) is 139 Å². The van der Waals surface area contributed by atoms with Gasteiger partial charge in [0, 0.05) is 36.1 Å². The minimum absolute atomic E-state index is 0.0201. The Kier molecular flexibility index (Phi) is 7.56. The van der Waals surface area contributed by atoms with E-state index in [1.165, 1.54) is 18.4 Å². The summed E-state index contributed by atoms with van der Waals surface area (Å²) < 4.78 is 10.4. The second kappa shape index (κ2) is 11.0. The minimum Gasteiger partial charge on any atom is -0.459 e. The number of thiocarbonyl (C=S) groups is 1. The molecule has 186 valence electrons. The van der Waals surface area contributed by atoms with Gasteiger partial charge in [-0.05, 0) is 67.2 Å². The number of amides is 2. The fourth-order valence-electron chi connectivity index (χ4n) is 3.69. The summed E-state index contributed by atoms with van der Waals surface area (Å²) in [6, 6.07) is 12.6. The Morgan fingerprint density at radius 2 is 1.83 bits per heavy atom. The standard InChI is InChI=1S/C24H23N5O6S/c1-15-13-17(5-6-18(15)26-23(31)21-3-2-10-35-21)25-24(36)27-22(30)16-4-7-19(20(14-16)29(32)33)28-8-11-34-12-9-28/h2-7,10,13-14H,8-9,11-12H2,1H3,(H,26,31)(H2,25,27,30,36). The van der Waals surface area contributed by atoms with E-state index < -0.39 is 10.8 Å². The van der Waals surface area contributed by atoms with Crippen LogP contribution in [0.1, 0.15) is 26.5 Å². The number of furan rings is 1. The molecule has 0 bridgehead atoms. The highest BCUT2D eigenvalue weighted by Crippen LogP contribution is 2.30. The quantitative estimate of drug-likeness (QED) is 0.258. The van der Waals surface area contributed by atoms with Crippen molar-refractivity contribution < 1.29 is 23.7 Å². The lowest BCUT2D eigenvalue weighted by Gasteiger charge is -2.28. The number of anilines is 3. The molecule has 0 unspecified atom stereocenters. The highest BCUT2D eigenvalue weighted by atomic mass is 32.1. The smallest absolute Gasteiger partial charge is 0.293 e. The number of ether oxygens (including phenoxy) is 1. The summed E-state index contributed by atoms with van der Waals surface area (Å²) in [5, 5.41) is 19.9. The summed E-state index contributed by atoms with van der Waals surface area (Å²) in [7, 11) is 0. The molecule has 1 saturated heterocycles. The van der Waals surface area contributed by atoms with Gasteiger partial charge in [-0.15, -0.1) is 0 Å². The number of hydrogen-bond donors (Lipinski definition) is 3. The molecule has 0 aliphatic carbocycles. The van der Waals surface area contributed by atoms with Crippen molar-refractivity contribution in [3.05, 3.63) is 81.8 Å². The van der Waals surface area contributed by atoms with Crippen LogP contribution in [0.15, 0.2) is 59.2 Å². The van der Waals surface area contributed by atoms with E-state index in [-0.39, 0.29) is 28.0 Å². The van der Waals surface area contributed by atoms with Gasteiger partial charge in [0.05, 0.1) is 24.4 Å². The van der Waals surface area contributed by atoms with Gasteiger partial charge in [0.2, 0.25) is 0 Å². The van der Waals surface area contributed by atoms with E-state index in [0.717, 1.165) is 5.56 Å². The van der Waals surface area contributed by atoms with Crippen LogP contribution >= 0.6 is 12.2 Å². The van der Waals surface area contributed by atoms with Crippen LogP contribution in [-0.2, 0) is 4.74 Å². The van der Waals surface area contributed by atoms with E-state index in [1.807, 2.05) is 4.90 Å². The molecule has 2 aromatic carbocycles. The summed E-state index contributed by atoms with van der Waals surface area (Å²) in [4.78, 5) is 37.9. The van der Waals surface area contributed by atoms with Crippen LogP contribution in [0.4, 0.5) is 22.7 Å². The molecule has 3 N–H and O–H groups in total. The van der Waals surface area contributed by atoms with Crippen molar-refractivity contribution in [2.45, 2.75) is 6.92 Å². The van der Waals surface area contributed by atoms with Crippen LogP contribution in [0.5, 0.6) is 0 Å². The average Bonchev–Trinajstić information content (AvgIpc) is 3.41. The van der Waals surface area contributed by atoms with Gasteiger partial charge in [0.25, 0.3) is 17.5 Å². The zero-order valence-electron chi connectivity index (χ0n) is 19.3. The van der Waals surface area contributed by atoms with Crippen LogP contribution in [-0.4, -0.2) is 48.2 Å². The lowest BCUT2D eigenvalue weighted by atomic mass is 10.1. The third-order valence-electron chi connectivity index (χ3n) is 5.49. The Morgan fingerprint density at radius 1 is 1.06 bits per heavy atom. The molecule has 1 aliphatic rings. The molecule has 0 radical (unpaired) electrons. The van der Waals surface area contributed by atoms with Crippen LogP contribution in [0.2, 0.25) is 0 Å². The maximum absolute atomic E-state index is 12.7. The van der Waals surface area contributed by atoms with Crippen molar-refractivity contribution in [2.75, 3.05) is 41.8 Å².